The van der Waals surface area contributed by atoms with Crippen molar-refractivity contribution in [2.45, 2.75) is 13.0 Å². The second-order valence-corrected chi connectivity index (χ2v) is 5.36. The van der Waals surface area contributed by atoms with Crippen LogP contribution in [0, 0.1) is 0 Å². The van der Waals surface area contributed by atoms with Crippen LogP contribution in [-0.2, 0) is 4.74 Å². The van der Waals surface area contributed by atoms with Crippen molar-refractivity contribution in [3.63, 3.8) is 0 Å². The van der Waals surface area contributed by atoms with E-state index in [9.17, 15) is 5.11 Å². The smallest absolute Gasteiger partial charge is 0.161 e. The lowest BCUT2D eigenvalue weighted by Crippen LogP contribution is -2.44. The number of ether oxygens (including phenoxy) is 2. The molecule has 0 bridgehead atoms. The Kier molecular flexibility index (Phi) is 4.27. The fraction of sp³-hybridized carbons (Fsp3) is 0.412. The van der Waals surface area contributed by atoms with Crippen molar-refractivity contribution in [2.75, 3.05) is 32.8 Å². The van der Waals surface area contributed by atoms with Gasteiger partial charge in [0.2, 0.25) is 0 Å². The average molecular weight is 287 g/mol. The van der Waals surface area contributed by atoms with E-state index in [0.29, 0.717) is 12.4 Å². The topological polar surface area (TPSA) is 41.9 Å². The van der Waals surface area contributed by atoms with Crippen molar-refractivity contribution in [2.24, 2.45) is 0 Å². The summed E-state index contributed by atoms with van der Waals surface area (Å²) in [5.41, 5.74) is 0. The number of hydrogen-bond donors (Lipinski definition) is 1. The Morgan fingerprint density at radius 3 is 2.81 bits per heavy atom. The Hall–Kier alpha value is -1.78. The fourth-order valence-corrected chi connectivity index (χ4v) is 2.67. The SMILES string of the molecule is CCN1CCOC(COc2cc3ccccc3cc2O)C1. The van der Waals surface area contributed by atoms with Crippen molar-refractivity contribution in [3.8, 4) is 11.5 Å². The Morgan fingerprint density at radius 1 is 1.29 bits per heavy atom. The molecule has 4 heteroatoms. The molecule has 4 nitrogen and oxygen atoms in total. The van der Waals surface area contributed by atoms with Crippen LogP contribution in [0.25, 0.3) is 10.8 Å². The van der Waals surface area contributed by atoms with Crippen LogP contribution in [0.15, 0.2) is 36.4 Å². The van der Waals surface area contributed by atoms with Gasteiger partial charge >= 0.3 is 0 Å². The van der Waals surface area contributed by atoms with Crippen LogP contribution in [0.2, 0.25) is 0 Å². The predicted octanol–water partition coefficient (Wildman–Crippen LogP) is 2.64. The maximum atomic E-state index is 10.1. The number of aromatic hydroxyl groups is 1. The van der Waals surface area contributed by atoms with Crippen LogP contribution in [0.4, 0.5) is 0 Å². The summed E-state index contributed by atoms with van der Waals surface area (Å²) in [5.74, 6) is 0.697. The van der Waals surface area contributed by atoms with E-state index < -0.39 is 0 Å². The van der Waals surface area contributed by atoms with Crippen LogP contribution in [0.3, 0.4) is 0 Å². The number of morpholine rings is 1. The highest BCUT2D eigenvalue weighted by atomic mass is 16.5. The van der Waals surface area contributed by atoms with Gasteiger partial charge in [-0.15, -0.1) is 0 Å². The van der Waals surface area contributed by atoms with Gasteiger partial charge in [-0.3, -0.25) is 4.90 Å². The van der Waals surface area contributed by atoms with Crippen LogP contribution >= 0.6 is 0 Å². The molecular formula is C17H21NO3. The average Bonchev–Trinajstić information content (AvgIpc) is 2.53. The number of likely N-dealkylation sites (N-methyl/N-ethyl adjacent to an activating group) is 1. The molecule has 2 aromatic rings. The summed E-state index contributed by atoms with van der Waals surface area (Å²) in [5, 5.41) is 12.1. The first-order valence-electron chi connectivity index (χ1n) is 7.45. The molecule has 1 aliphatic heterocycles. The van der Waals surface area contributed by atoms with Crippen molar-refractivity contribution >= 4 is 10.8 Å². The Labute approximate surface area is 124 Å². The van der Waals surface area contributed by atoms with E-state index in [1.807, 2.05) is 30.3 Å². The predicted molar refractivity (Wildman–Crippen MR) is 83.0 cm³/mol. The van der Waals surface area contributed by atoms with Gasteiger partial charge in [0.1, 0.15) is 12.7 Å². The minimum absolute atomic E-state index is 0.0598. The summed E-state index contributed by atoms with van der Waals surface area (Å²) in [6.07, 6.45) is 0.0598. The highest BCUT2D eigenvalue weighted by Crippen LogP contribution is 2.31. The van der Waals surface area contributed by atoms with Crippen LogP contribution in [-0.4, -0.2) is 49.0 Å². The Balaban J connectivity index is 1.68. The summed E-state index contributed by atoms with van der Waals surface area (Å²) < 4.78 is 11.5. The van der Waals surface area contributed by atoms with E-state index in [4.69, 9.17) is 9.47 Å². The van der Waals surface area contributed by atoms with E-state index in [1.165, 1.54) is 0 Å². The lowest BCUT2D eigenvalue weighted by Gasteiger charge is -2.31. The Bertz CT molecular complexity index is 614. The van der Waals surface area contributed by atoms with E-state index in [0.717, 1.165) is 37.0 Å². The van der Waals surface area contributed by atoms with Gasteiger partial charge in [0, 0.05) is 13.1 Å². The normalized spacial score (nSPS) is 19.8. The first-order chi connectivity index (χ1) is 10.3. The van der Waals surface area contributed by atoms with Gasteiger partial charge in [0.25, 0.3) is 0 Å². The molecule has 0 aromatic heterocycles. The minimum Gasteiger partial charge on any atom is -0.504 e. The summed E-state index contributed by atoms with van der Waals surface area (Å²) in [6, 6.07) is 11.5. The second-order valence-electron chi connectivity index (χ2n) is 5.36. The molecule has 0 amide bonds. The number of phenols is 1. The van der Waals surface area contributed by atoms with Gasteiger partial charge in [-0.25, -0.2) is 0 Å². The molecule has 1 saturated heterocycles. The molecular weight excluding hydrogens is 266 g/mol. The minimum atomic E-state index is 0.0598. The quantitative estimate of drug-likeness (QED) is 0.938. The number of benzene rings is 2. The molecule has 1 fully saturated rings. The first kappa shape index (κ1) is 14.2. The Morgan fingerprint density at radius 2 is 2.05 bits per heavy atom. The van der Waals surface area contributed by atoms with Crippen molar-refractivity contribution < 1.29 is 14.6 Å². The van der Waals surface area contributed by atoms with E-state index in [2.05, 4.69) is 11.8 Å². The highest BCUT2D eigenvalue weighted by molar-refractivity contribution is 5.85. The zero-order chi connectivity index (χ0) is 14.7. The number of rotatable bonds is 4. The molecule has 0 saturated carbocycles. The molecule has 1 atom stereocenters. The maximum absolute atomic E-state index is 10.1. The van der Waals surface area contributed by atoms with Gasteiger partial charge in [-0.1, -0.05) is 31.2 Å². The zero-order valence-corrected chi connectivity index (χ0v) is 12.3. The largest absolute Gasteiger partial charge is 0.504 e. The first-order valence-corrected chi connectivity index (χ1v) is 7.45. The van der Waals surface area contributed by atoms with Crippen molar-refractivity contribution in [1.82, 2.24) is 4.90 Å². The molecule has 3 rings (SSSR count). The number of nitrogens with zero attached hydrogens (tertiary/aromatic N) is 1. The van der Waals surface area contributed by atoms with Crippen LogP contribution in [0.5, 0.6) is 11.5 Å². The number of hydrogen-bond acceptors (Lipinski definition) is 4. The molecule has 1 heterocycles. The van der Waals surface area contributed by atoms with Gasteiger partial charge < -0.3 is 14.6 Å². The molecule has 0 spiro atoms. The van der Waals surface area contributed by atoms with Gasteiger partial charge in [0.05, 0.1) is 6.61 Å². The van der Waals surface area contributed by atoms with Crippen LogP contribution < -0.4 is 4.74 Å². The maximum Gasteiger partial charge on any atom is 0.161 e. The third-order valence-corrected chi connectivity index (χ3v) is 3.92. The lowest BCUT2D eigenvalue weighted by atomic mass is 10.1. The number of phenolic OH excluding ortho intramolecular Hbond substituents is 1. The molecule has 112 valence electrons. The number of fused-ring (bicyclic) bond motifs is 1. The van der Waals surface area contributed by atoms with E-state index in [1.54, 1.807) is 6.07 Å². The standard InChI is InChI=1S/C17H21NO3/c1-2-18-7-8-20-15(11-18)12-21-17-10-14-6-4-3-5-13(14)9-16(17)19/h3-6,9-10,15,19H,2,7-8,11-12H2,1H3. The third kappa shape index (κ3) is 3.28. The molecule has 0 radical (unpaired) electrons. The van der Waals surface area contributed by atoms with Gasteiger partial charge in [-0.2, -0.15) is 0 Å². The zero-order valence-electron chi connectivity index (χ0n) is 12.3. The fourth-order valence-electron chi connectivity index (χ4n) is 2.67. The van der Waals surface area contributed by atoms with Crippen LogP contribution in [0.1, 0.15) is 6.92 Å². The molecule has 2 aromatic carbocycles. The molecule has 1 aliphatic rings. The lowest BCUT2D eigenvalue weighted by molar-refractivity contribution is -0.0466. The van der Waals surface area contributed by atoms with E-state index >= 15 is 0 Å². The molecule has 0 aliphatic carbocycles. The molecule has 1 unspecified atom stereocenters. The summed E-state index contributed by atoms with van der Waals surface area (Å²) in [6.45, 7) is 6.24. The summed E-state index contributed by atoms with van der Waals surface area (Å²) in [4.78, 5) is 2.35. The van der Waals surface area contributed by atoms with Crippen molar-refractivity contribution in [1.29, 1.82) is 0 Å². The third-order valence-electron chi connectivity index (χ3n) is 3.92. The summed E-state index contributed by atoms with van der Waals surface area (Å²) >= 11 is 0. The van der Waals surface area contributed by atoms with Gasteiger partial charge in [-0.05, 0) is 29.4 Å². The van der Waals surface area contributed by atoms with Crippen molar-refractivity contribution in [3.05, 3.63) is 36.4 Å². The molecule has 21 heavy (non-hydrogen) atoms. The molecule has 1 N–H and O–H groups in total. The van der Waals surface area contributed by atoms with E-state index in [-0.39, 0.29) is 11.9 Å². The highest BCUT2D eigenvalue weighted by Gasteiger charge is 2.20. The monoisotopic (exact) mass is 287 g/mol. The second kappa shape index (κ2) is 6.33. The van der Waals surface area contributed by atoms with Gasteiger partial charge in [0.15, 0.2) is 11.5 Å². The summed E-state index contributed by atoms with van der Waals surface area (Å²) in [7, 11) is 0.